The van der Waals surface area contributed by atoms with Gasteiger partial charge in [0.15, 0.2) is 0 Å². The van der Waals surface area contributed by atoms with E-state index in [0.29, 0.717) is 16.9 Å². The van der Waals surface area contributed by atoms with Gasteiger partial charge in [0.1, 0.15) is 11.6 Å². The van der Waals surface area contributed by atoms with Crippen LogP contribution in [0.5, 0.6) is 5.75 Å². The van der Waals surface area contributed by atoms with E-state index < -0.39 is 23.6 Å². The van der Waals surface area contributed by atoms with E-state index in [4.69, 9.17) is 10.5 Å². The zero-order valence-corrected chi connectivity index (χ0v) is 11.1. The van der Waals surface area contributed by atoms with Crippen molar-refractivity contribution in [1.29, 1.82) is 0 Å². The molecule has 0 radical (unpaired) electrons. The van der Waals surface area contributed by atoms with Crippen LogP contribution in [0.2, 0.25) is 0 Å². The van der Waals surface area contributed by atoms with E-state index in [1.807, 2.05) is 0 Å². The first-order chi connectivity index (χ1) is 9.82. The Morgan fingerprint density at radius 3 is 2.19 bits per heavy atom. The molecule has 0 heterocycles. The van der Waals surface area contributed by atoms with Crippen molar-refractivity contribution in [3.05, 3.63) is 65.0 Å². The fraction of sp³-hybridized carbons (Fsp3) is 0.200. The van der Waals surface area contributed by atoms with Gasteiger partial charge >= 0.3 is 6.18 Å². The fourth-order valence-electron chi connectivity index (χ4n) is 2.01. The molecule has 2 aromatic rings. The van der Waals surface area contributed by atoms with Crippen molar-refractivity contribution in [3.8, 4) is 5.75 Å². The summed E-state index contributed by atoms with van der Waals surface area (Å²) in [5.41, 5.74) is 6.04. The number of benzene rings is 2. The number of alkyl halides is 3. The number of methoxy groups -OCH3 is 1. The Kier molecular flexibility index (Phi) is 4.18. The molecular formula is C15H13F4NO. The molecule has 2 rings (SSSR count). The molecule has 1 atom stereocenters. The summed E-state index contributed by atoms with van der Waals surface area (Å²) in [7, 11) is 1.41. The molecule has 0 amide bonds. The molecule has 0 saturated carbocycles. The third kappa shape index (κ3) is 3.33. The maximum Gasteiger partial charge on any atom is 0.416 e. The first-order valence-corrected chi connectivity index (χ1v) is 6.09. The Morgan fingerprint density at radius 2 is 1.67 bits per heavy atom. The number of rotatable bonds is 3. The van der Waals surface area contributed by atoms with Gasteiger partial charge in [-0.2, -0.15) is 13.2 Å². The zero-order chi connectivity index (χ0) is 15.6. The number of hydrogen-bond donors (Lipinski definition) is 1. The van der Waals surface area contributed by atoms with Crippen molar-refractivity contribution in [1.82, 2.24) is 0 Å². The van der Waals surface area contributed by atoms with E-state index in [0.717, 1.165) is 12.1 Å². The number of nitrogens with two attached hydrogens (primary N) is 1. The van der Waals surface area contributed by atoms with Crippen LogP contribution < -0.4 is 10.5 Å². The molecule has 0 aliphatic rings. The molecule has 0 bridgehead atoms. The van der Waals surface area contributed by atoms with Gasteiger partial charge in [0.05, 0.1) is 18.7 Å². The maximum absolute atomic E-state index is 13.3. The molecule has 0 spiro atoms. The highest BCUT2D eigenvalue weighted by Crippen LogP contribution is 2.32. The van der Waals surface area contributed by atoms with E-state index in [1.54, 1.807) is 0 Å². The zero-order valence-electron chi connectivity index (χ0n) is 11.1. The summed E-state index contributed by atoms with van der Waals surface area (Å²) in [5, 5.41) is 0. The predicted molar refractivity (Wildman–Crippen MR) is 70.4 cm³/mol. The van der Waals surface area contributed by atoms with Crippen molar-refractivity contribution in [2.24, 2.45) is 5.73 Å². The van der Waals surface area contributed by atoms with Crippen molar-refractivity contribution >= 4 is 0 Å². The first-order valence-electron chi connectivity index (χ1n) is 6.09. The van der Waals surface area contributed by atoms with Crippen LogP contribution in [-0.2, 0) is 6.18 Å². The summed E-state index contributed by atoms with van der Waals surface area (Å²) in [6.07, 6.45) is -4.40. The van der Waals surface area contributed by atoms with Crippen LogP contribution >= 0.6 is 0 Å². The van der Waals surface area contributed by atoms with Gasteiger partial charge in [0, 0.05) is 5.56 Å². The summed E-state index contributed by atoms with van der Waals surface area (Å²) in [4.78, 5) is 0. The fourth-order valence-corrected chi connectivity index (χ4v) is 2.01. The second-order valence-electron chi connectivity index (χ2n) is 4.48. The summed E-state index contributed by atoms with van der Waals surface area (Å²) in [5.74, 6) is -0.114. The van der Waals surface area contributed by atoms with Crippen molar-refractivity contribution in [3.63, 3.8) is 0 Å². The average Bonchev–Trinajstić information content (AvgIpc) is 2.45. The lowest BCUT2D eigenvalue weighted by Crippen LogP contribution is -2.14. The van der Waals surface area contributed by atoms with Gasteiger partial charge in [-0.25, -0.2) is 4.39 Å². The molecule has 0 fully saturated rings. The second-order valence-corrected chi connectivity index (χ2v) is 4.48. The lowest BCUT2D eigenvalue weighted by molar-refractivity contribution is -0.137. The van der Waals surface area contributed by atoms with Gasteiger partial charge in [-0.05, 0) is 35.9 Å². The quantitative estimate of drug-likeness (QED) is 0.872. The third-order valence-corrected chi connectivity index (χ3v) is 3.12. The minimum atomic E-state index is -4.40. The van der Waals surface area contributed by atoms with E-state index in [9.17, 15) is 17.6 Å². The largest absolute Gasteiger partial charge is 0.496 e. The highest BCUT2D eigenvalue weighted by Gasteiger charge is 2.30. The number of ether oxygens (including phenoxy) is 1. The first kappa shape index (κ1) is 15.3. The van der Waals surface area contributed by atoms with Crippen LogP contribution in [0.15, 0.2) is 42.5 Å². The Morgan fingerprint density at radius 1 is 1.05 bits per heavy atom. The second kappa shape index (κ2) is 5.73. The van der Waals surface area contributed by atoms with E-state index in [2.05, 4.69) is 0 Å². The van der Waals surface area contributed by atoms with Crippen molar-refractivity contribution in [2.75, 3.05) is 7.11 Å². The lowest BCUT2D eigenvalue weighted by Gasteiger charge is -2.17. The molecule has 0 saturated heterocycles. The highest BCUT2D eigenvalue weighted by molar-refractivity contribution is 5.42. The van der Waals surface area contributed by atoms with Gasteiger partial charge < -0.3 is 10.5 Å². The van der Waals surface area contributed by atoms with E-state index in [-0.39, 0.29) is 0 Å². The molecule has 0 aliphatic heterocycles. The molecule has 112 valence electrons. The normalized spacial score (nSPS) is 13.0. The van der Waals surface area contributed by atoms with Gasteiger partial charge in [0.2, 0.25) is 0 Å². The van der Waals surface area contributed by atoms with Crippen molar-refractivity contribution in [2.45, 2.75) is 12.2 Å². The van der Waals surface area contributed by atoms with Crippen LogP contribution in [0.3, 0.4) is 0 Å². The molecule has 0 aromatic heterocycles. The maximum atomic E-state index is 13.3. The van der Waals surface area contributed by atoms with Crippen LogP contribution in [0, 0.1) is 5.82 Å². The van der Waals surface area contributed by atoms with Crippen LogP contribution in [0.4, 0.5) is 17.6 Å². The Bertz CT molecular complexity index is 623. The average molecular weight is 299 g/mol. The van der Waals surface area contributed by atoms with E-state index >= 15 is 0 Å². The standard InChI is InChI=1S/C15H13F4NO/c1-21-13-7-6-11(16)8-12(13)14(20)9-2-4-10(5-3-9)15(17,18)19/h2-8,14H,20H2,1H3. The smallest absolute Gasteiger partial charge is 0.416 e. The molecule has 2 nitrogen and oxygen atoms in total. The minimum absolute atomic E-state index is 0.372. The third-order valence-electron chi connectivity index (χ3n) is 3.12. The van der Waals surface area contributed by atoms with Crippen LogP contribution in [0.1, 0.15) is 22.7 Å². The topological polar surface area (TPSA) is 35.2 Å². The molecule has 2 aromatic carbocycles. The summed E-state index contributed by atoms with van der Waals surface area (Å²) >= 11 is 0. The summed E-state index contributed by atoms with van der Waals surface area (Å²) in [6.45, 7) is 0. The Hall–Kier alpha value is -2.08. The molecule has 21 heavy (non-hydrogen) atoms. The molecule has 0 aliphatic carbocycles. The summed E-state index contributed by atoms with van der Waals surface area (Å²) < 4.78 is 56.0. The van der Waals surface area contributed by atoms with Crippen LogP contribution in [0.25, 0.3) is 0 Å². The summed E-state index contributed by atoms with van der Waals surface area (Å²) in [6, 6.07) is 7.52. The van der Waals surface area contributed by atoms with Gasteiger partial charge in [0.25, 0.3) is 0 Å². The number of hydrogen-bond acceptors (Lipinski definition) is 2. The number of halogens is 4. The highest BCUT2D eigenvalue weighted by atomic mass is 19.4. The van der Waals surface area contributed by atoms with Crippen molar-refractivity contribution < 1.29 is 22.3 Å². The van der Waals surface area contributed by atoms with Gasteiger partial charge in [-0.15, -0.1) is 0 Å². The SMILES string of the molecule is COc1ccc(F)cc1C(N)c1ccc(C(F)(F)F)cc1. The molecular weight excluding hydrogens is 286 g/mol. The monoisotopic (exact) mass is 299 g/mol. The minimum Gasteiger partial charge on any atom is -0.496 e. The predicted octanol–water partition coefficient (Wildman–Crippen LogP) is 3.90. The Labute approximate surface area is 119 Å². The molecule has 2 N–H and O–H groups in total. The lowest BCUT2D eigenvalue weighted by atomic mass is 9.97. The molecule has 1 unspecified atom stereocenters. The van der Waals surface area contributed by atoms with Gasteiger partial charge in [-0.1, -0.05) is 12.1 Å². The Balaban J connectivity index is 2.36. The van der Waals surface area contributed by atoms with E-state index in [1.165, 1.54) is 37.4 Å². The van der Waals surface area contributed by atoms with Gasteiger partial charge in [-0.3, -0.25) is 0 Å². The van der Waals surface area contributed by atoms with Crippen LogP contribution in [-0.4, -0.2) is 7.11 Å². The molecule has 6 heteroatoms.